The lowest BCUT2D eigenvalue weighted by Gasteiger charge is -2.28. The summed E-state index contributed by atoms with van der Waals surface area (Å²) in [6, 6.07) is 2.08. The Morgan fingerprint density at radius 3 is 2.53 bits per heavy atom. The molecule has 1 aliphatic carbocycles. The van der Waals surface area contributed by atoms with Gasteiger partial charge in [0.2, 0.25) is 0 Å². The van der Waals surface area contributed by atoms with Crippen LogP contribution < -0.4 is 5.73 Å². The van der Waals surface area contributed by atoms with Crippen LogP contribution in [0, 0.1) is 17.6 Å². The first-order valence-electron chi connectivity index (χ1n) is 6.68. The van der Waals surface area contributed by atoms with Crippen molar-refractivity contribution in [3.63, 3.8) is 0 Å². The topological polar surface area (TPSA) is 43.1 Å². The van der Waals surface area contributed by atoms with Crippen LogP contribution in [-0.4, -0.2) is 9.46 Å². The number of benzene rings is 1. The average molecular weight is 287 g/mol. The van der Waals surface area contributed by atoms with Crippen LogP contribution in [-0.2, 0) is 10.8 Å². The minimum atomic E-state index is -1.63. The van der Waals surface area contributed by atoms with E-state index in [9.17, 15) is 13.0 Å². The molecule has 1 saturated carbocycles. The minimum Gasteiger partial charge on any atom is -0.399 e. The summed E-state index contributed by atoms with van der Waals surface area (Å²) in [5.41, 5.74) is 5.39. The lowest BCUT2D eigenvalue weighted by Crippen LogP contribution is -2.25. The van der Waals surface area contributed by atoms with Crippen molar-refractivity contribution in [3.8, 4) is 0 Å². The molecule has 1 aliphatic rings. The first-order chi connectivity index (χ1) is 9.02. The highest BCUT2D eigenvalue weighted by molar-refractivity contribution is 7.85. The van der Waals surface area contributed by atoms with E-state index in [0.717, 1.165) is 44.2 Å². The summed E-state index contributed by atoms with van der Waals surface area (Å²) in [4.78, 5) is -0.309. The number of rotatable bonds is 3. The molecule has 0 aromatic heterocycles. The third kappa shape index (κ3) is 3.14. The van der Waals surface area contributed by atoms with E-state index >= 15 is 0 Å². The van der Waals surface area contributed by atoms with Gasteiger partial charge in [0.05, 0.1) is 10.8 Å². The van der Waals surface area contributed by atoms with E-state index in [1.807, 2.05) is 0 Å². The van der Waals surface area contributed by atoms with Gasteiger partial charge in [-0.2, -0.15) is 0 Å². The molecule has 0 amide bonds. The first-order valence-corrected chi connectivity index (χ1v) is 7.89. The summed E-state index contributed by atoms with van der Waals surface area (Å²) in [7, 11) is -1.63. The molecule has 3 unspecified atom stereocenters. The Bertz CT molecular complexity index is 469. The molecule has 0 saturated heterocycles. The molecule has 3 atom stereocenters. The lowest BCUT2D eigenvalue weighted by molar-refractivity contribution is 0.353. The third-order valence-electron chi connectivity index (χ3n) is 3.84. The molecule has 0 aliphatic heterocycles. The van der Waals surface area contributed by atoms with Crippen molar-refractivity contribution in [3.05, 3.63) is 23.8 Å². The normalized spacial score (nSPS) is 25.2. The summed E-state index contributed by atoms with van der Waals surface area (Å²) < 4.78 is 40.0. The van der Waals surface area contributed by atoms with Crippen molar-refractivity contribution >= 4 is 16.5 Å². The standard InChI is InChI=1S/C14H19F2NOS/c1-2-9-4-3-5-11(6-9)19(18)14-12(15)7-10(17)8-13(14)16/h7-9,11H,2-6,17H2,1H3. The summed E-state index contributed by atoms with van der Waals surface area (Å²) in [6.45, 7) is 2.10. The van der Waals surface area contributed by atoms with E-state index in [0.29, 0.717) is 5.92 Å². The SMILES string of the molecule is CCC1CCCC(S(=O)c2c(F)cc(N)cc2F)C1. The third-order valence-corrected chi connectivity index (χ3v) is 5.66. The first kappa shape index (κ1) is 14.4. The summed E-state index contributed by atoms with van der Waals surface area (Å²) in [5.74, 6) is -1.08. The van der Waals surface area contributed by atoms with Crippen molar-refractivity contribution in [2.45, 2.75) is 49.2 Å². The molecule has 0 heterocycles. The molecular weight excluding hydrogens is 268 g/mol. The fourth-order valence-corrected chi connectivity index (χ4v) is 4.41. The van der Waals surface area contributed by atoms with Crippen LogP contribution >= 0.6 is 0 Å². The van der Waals surface area contributed by atoms with Gasteiger partial charge in [-0.05, 0) is 30.9 Å². The van der Waals surface area contributed by atoms with Crippen molar-refractivity contribution in [2.24, 2.45) is 5.92 Å². The number of nitrogens with two attached hydrogens (primary N) is 1. The van der Waals surface area contributed by atoms with Gasteiger partial charge in [0, 0.05) is 10.9 Å². The zero-order valence-electron chi connectivity index (χ0n) is 11.0. The molecule has 1 fully saturated rings. The molecule has 1 aromatic rings. The van der Waals surface area contributed by atoms with Crippen molar-refractivity contribution in [1.82, 2.24) is 0 Å². The zero-order valence-corrected chi connectivity index (χ0v) is 11.8. The van der Waals surface area contributed by atoms with Crippen LogP contribution in [0.3, 0.4) is 0 Å². The fourth-order valence-electron chi connectivity index (χ4n) is 2.75. The van der Waals surface area contributed by atoms with E-state index in [1.54, 1.807) is 0 Å². The van der Waals surface area contributed by atoms with Crippen molar-refractivity contribution < 1.29 is 13.0 Å². The van der Waals surface area contributed by atoms with Gasteiger partial charge in [-0.25, -0.2) is 8.78 Å². The highest BCUT2D eigenvalue weighted by atomic mass is 32.2. The second kappa shape index (κ2) is 5.99. The molecule has 2 rings (SSSR count). The van der Waals surface area contributed by atoms with Crippen LogP contribution in [0.25, 0.3) is 0 Å². The van der Waals surface area contributed by atoms with Crippen LogP contribution in [0.5, 0.6) is 0 Å². The maximum Gasteiger partial charge on any atom is 0.144 e. The quantitative estimate of drug-likeness (QED) is 0.863. The van der Waals surface area contributed by atoms with Gasteiger partial charge in [0.15, 0.2) is 0 Å². The second-order valence-corrected chi connectivity index (χ2v) is 6.84. The molecule has 0 spiro atoms. The Balaban J connectivity index is 2.24. The Morgan fingerprint density at radius 1 is 1.32 bits per heavy atom. The monoisotopic (exact) mass is 287 g/mol. The highest BCUT2D eigenvalue weighted by Crippen LogP contribution is 2.33. The zero-order chi connectivity index (χ0) is 14.0. The van der Waals surface area contributed by atoms with Crippen LogP contribution in [0.2, 0.25) is 0 Å². The summed E-state index contributed by atoms with van der Waals surface area (Å²) >= 11 is 0. The van der Waals surface area contributed by atoms with Crippen LogP contribution in [0.15, 0.2) is 17.0 Å². The molecule has 19 heavy (non-hydrogen) atoms. The van der Waals surface area contributed by atoms with Gasteiger partial charge in [-0.15, -0.1) is 0 Å². The molecule has 2 nitrogen and oxygen atoms in total. The van der Waals surface area contributed by atoms with Gasteiger partial charge >= 0.3 is 0 Å². The number of anilines is 1. The molecule has 2 N–H and O–H groups in total. The molecule has 106 valence electrons. The Kier molecular flexibility index (Phi) is 4.55. The van der Waals surface area contributed by atoms with E-state index in [1.165, 1.54) is 0 Å². The van der Waals surface area contributed by atoms with Crippen LogP contribution in [0.1, 0.15) is 39.0 Å². The predicted octanol–water partition coefficient (Wildman–Crippen LogP) is 3.62. The maximum absolute atomic E-state index is 13.8. The molecule has 5 heteroatoms. The predicted molar refractivity (Wildman–Crippen MR) is 73.2 cm³/mol. The van der Waals surface area contributed by atoms with Crippen molar-refractivity contribution in [1.29, 1.82) is 0 Å². The van der Waals surface area contributed by atoms with Crippen LogP contribution in [0.4, 0.5) is 14.5 Å². The lowest BCUT2D eigenvalue weighted by atomic mass is 9.87. The van der Waals surface area contributed by atoms with Gasteiger partial charge in [-0.3, -0.25) is 4.21 Å². The average Bonchev–Trinajstić information content (AvgIpc) is 2.37. The summed E-state index contributed by atoms with van der Waals surface area (Å²) in [5, 5.41) is -0.147. The second-order valence-electron chi connectivity index (χ2n) is 5.17. The Morgan fingerprint density at radius 2 is 1.95 bits per heavy atom. The number of hydrogen-bond donors (Lipinski definition) is 1. The Hall–Kier alpha value is -0.970. The fraction of sp³-hybridized carbons (Fsp3) is 0.571. The number of halogens is 2. The molecule has 0 bridgehead atoms. The number of hydrogen-bond acceptors (Lipinski definition) is 2. The molecule has 0 radical (unpaired) electrons. The summed E-state index contributed by atoms with van der Waals surface area (Å²) in [6.07, 6.45) is 4.68. The van der Waals surface area contributed by atoms with Gasteiger partial charge < -0.3 is 5.73 Å². The number of nitrogen functional groups attached to an aromatic ring is 1. The smallest absolute Gasteiger partial charge is 0.144 e. The van der Waals surface area contributed by atoms with Crippen molar-refractivity contribution in [2.75, 3.05) is 5.73 Å². The maximum atomic E-state index is 13.8. The van der Waals surface area contributed by atoms with Gasteiger partial charge in [0.1, 0.15) is 16.5 Å². The minimum absolute atomic E-state index is 0.0193. The highest BCUT2D eigenvalue weighted by Gasteiger charge is 2.29. The van der Waals surface area contributed by atoms with E-state index in [4.69, 9.17) is 5.73 Å². The largest absolute Gasteiger partial charge is 0.399 e. The molecular formula is C14H19F2NOS. The Labute approximate surface area is 114 Å². The van der Waals surface area contributed by atoms with Gasteiger partial charge in [0.25, 0.3) is 0 Å². The van der Waals surface area contributed by atoms with E-state index < -0.39 is 22.4 Å². The molecule has 1 aromatic carbocycles. The van der Waals surface area contributed by atoms with Gasteiger partial charge in [-0.1, -0.05) is 26.2 Å². The van der Waals surface area contributed by atoms with E-state index in [2.05, 4.69) is 6.92 Å². The van der Waals surface area contributed by atoms with E-state index in [-0.39, 0.29) is 15.8 Å².